The lowest BCUT2D eigenvalue weighted by molar-refractivity contribution is -0.215. The van der Waals surface area contributed by atoms with Crippen LogP contribution in [0.15, 0.2) is 40.2 Å². The van der Waals surface area contributed by atoms with Crippen molar-refractivity contribution >= 4 is 17.7 Å². The molecular formula is C17H20F3N2O8PS. The molecule has 0 radical (unpaired) electrons. The number of phosphoric ester groups is 1. The summed E-state index contributed by atoms with van der Waals surface area (Å²) < 4.78 is 82.7. The predicted molar refractivity (Wildman–Crippen MR) is 106 cm³/mol. The number of rotatable bonds is 8. The highest BCUT2D eigenvalue weighted by Gasteiger charge is 2.36. The number of benzene rings is 1. The Morgan fingerprint density at radius 1 is 1.16 bits per heavy atom. The Balaban J connectivity index is 2.45. The van der Waals surface area contributed by atoms with Gasteiger partial charge in [-0.05, 0) is 31.5 Å². The second-order valence-electron chi connectivity index (χ2n) is 7.31. The van der Waals surface area contributed by atoms with E-state index in [4.69, 9.17) is 14.5 Å². The summed E-state index contributed by atoms with van der Waals surface area (Å²) in [7, 11) is -8.37. The Morgan fingerprint density at radius 3 is 2.19 bits per heavy atom. The van der Waals surface area contributed by atoms with Crippen molar-refractivity contribution in [2.24, 2.45) is 0 Å². The van der Waals surface area contributed by atoms with Crippen LogP contribution in [0.1, 0.15) is 20.3 Å². The van der Waals surface area contributed by atoms with Gasteiger partial charge in [-0.2, -0.15) is 5.10 Å². The van der Waals surface area contributed by atoms with E-state index in [2.05, 4.69) is 9.62 Å². The van der Waals surface area contributed by atoms with Crippen molar-refractivity contribution in [3.63, 3.8) is 0 Å². The zero-order valence-corrected chi connectivity index (χ0v) is 18.7. The Kier molecular flexibility index (Phi) is 7.27. The number of phosphoric acid groups is 1. The summed E-state index contributed by atoms with van der Waals surface area (Å²) in [6.45, 7) is 2.21. The average molecular weight is 500 g/mol. The molecule has 0 saturated carbocycles. The van der Waals surface area contributed by atoms with E-state index >= 15 is 0 Å². The van der Waals surface area contributed by atoms with E-state index in [0.29, 0.717) is 0 Å². The van der Waals surface area contributed by atoms with Gasteiger partial charge >= 0.3 is 19.7 Å². The minimum absolute atomic E-state index is 0.0448. The van der Waals surface area contributed by atoms with Gasteiger partial charge in [0.1, 0.15) is 0 Å². The van der Waals surface area contributed by atoms with E-state index in [-0.39, 0.29) is 22.4 Å². The summed E-state index contributed by atoms with van der Waals surface area (Å²) in [5.41, 5.74) is -3.01. The monoisotopic (exact) mass is 500 g/mol. The number of halogens is 3. The van der Waals surface area contributed by atoms with E-state index < -0.39 is 52.2 Å². The SMILES string of the molecule is CC(C)(CCOc1c(-c2ccc(S(C)(=O)=O)cc2)cnn(C(F)(F)F)c1=O)OP(=O)(O)O. The smallest absolute Gasteiger partial charge is 0.487 e. The molecule has 178 valence electrons. The molecule has 0 aliphatic heterocycles. The van der Waals surface area contributed by atoms with Crippen molar-refractivity contribution in [1.29, 1.82) is 0 Å². The molecule has 0 atom stereocenters. The van der Waals surface area contributed by atoms with Crippen molar-refractivity contribution < 1.29 is 45.2 Å². The number of hydrogen-bond donors (Lipinski definition) is 2. The molecule has 10 nitrogen and oxygen atoms in total. The molecule has 1 heterocycles. The quantitative estimate of drug-likeness (QED) is 0.522. The van der Waals surface area contributed by atoms with Gasteiger partial charge in [0.25, 0.3) is 0 Å². The third-order valence-corrected chi connectivity index (χ3v) is 5.94. The minimum atomic E-state index is -5.13. The molecule has 0 amide bonds. The largest absolute Gasteiger partial charge is 0.507 e. The number of ether oxygens (including phenoxy) is 1. The molecule has 15 heteroatoms. The van der Waals surface area contributed by atoms with E-state index in [9.17, 15) is 30.9 Å². The van der Waals surface area contributed by atoms with Gasteiger partial charge in [0, 0.05) is 18.2 Å². The molecule has 32 heavy (non-hydrogen) atoms. The van der Waals surface area contributed by atoms with Gasteiger partial charge in [0.2, 0.25) is 0 Å². The van der Waals surface area contributed by atoms with Gasteiger partial charge in [-0.25, -0.2) is 13.0 Å². The van der Waals surface area contributed by atoms with Crippen LogP contribution in [0.3, 0.4) is 0 Å². The normalized spacial score (nSPS) is 13.2. The van der Waals surface area contributed by atoms with Gasteiger partial charge in [-0.15, -0.1) is 17.9 Å². The molecule has 0 saturated heterocycles. The number of alkyl halides is 3. The Bertz CT molecular complexity index is 1190. The second kappa shape index (κ2) is 8.94. The van der Waals surface area contributed by atoms with Gasteiger partial charge in [-0.3, -0.25) is 9.32 Å². The van der Waals surface area contributed by atoms with Crippen LogP contribution in [-0.4, -0.2) is 46.4 Å². The minimum Gasteiger partial charge on any atom is -0.487 e. The molecule has 0 unspecified atom stereocenters. The molecule has 1 aromatic carbocycles. The molecule has 1 aromatic heterocycles. The number of aromatic nitrogens is 2. The molecule has 0 bridgehead atoms. The zero-order valence-electron chi connectivity index (χ0n) is 17.0. The van der Waals surface area contributed by atoms with Crippen molar-refractivity contribution in [1.82, 2.24) is 9.78 Å². The molecular weight excluding hydrogens is 480 g/mol. The van der Waals surface area contributed by atoms with E-state index in [1.54, 1.807) is 0 Å². The molecule has 0 spiro atoms. The van der Waals surface area contributed by atoms with Gasteiger partial charge in [0.15, 0.2) is 15.6 Å². The van der Waals surface area contributed by atoms with Crippen LogP contribution in [0.4, 0.5) is 13.2 Å². The fourth-order valence-electron chi connectivity index (χ4n) is 2.61. The highest BCUT2D eigenvalue weighted by Crippen LogP contribution is 2.42. The first kappa shape index (κ1) is 26.0. The van der Waals surface area contributed by atoms with Crippen LogP contribution < -0.4 is 10.3 Å². The van der Waals surface area contributed by atoms with Crippen LogP contribution >= 0.6 is 7.82 Å². The maximum absolute atomic E-state index is 13.1. The molecule has 0 aliphatic carbocycles. The lowest BCUT2D eigenvalue weighted by atomic mass is 10.1. The van der Waals surface area contributed by atoms with Gasteiger partial charge in [-0.1, -0.05) is 12.1 Å². The first-order valence-electron chi connectivity index (χ1n) is 8.80. The summed E-state index contributed by atoms with van der Waals surface area (Å²) in [5, 5.41) is 3.12. The first-order chi connectivity index (χ1) is 14.4. The van der Waals surface area contributed by atoms with Crippen molar-refractivity contribution in [2.75, 3.05) is 12.9 Å². The molecule has 2 aromatic rings. The molecule has 0 aliphatic rings. The Morgan fingerprint density at radius 2 is 1.72 bits per heavy atom. The van der Waals surface area contributed by atoms with Gasteiger partial charge in [0.05, 0.1) is 23.3 Å². The maximum atomic E-state index is 13.1. The van der Waals surface area contributed by atoms with E-state index in [1.807, 2.05) is 0 Å². The number of nitrogens with zero attached hydrogens (tertiary/aromatic N) is 2. The highest BCUT2D eigenvalue weighted by molar-refractivity contribution is 7.90. The molecule has 0 fully saturated rings. The summed E-state index contributed by atoms with van der Waals surface area (Å²) in [6, 6.07) is 4.97. The second-order valence-corrected chi connectivity index (χ2v) is 10.5. The summed E-state index contributed by atoms with van der Waals surface area (Å²) in [4.78, 5) is 30.2. The van der Waals surface area contributed by atoms with Crippen molar-refractivity contribution in [3.05, 3.63) is 40.8 Å². The molecule has 2 rings (SSSR count). The summed E-state index contributed by atoms with van der Waals surface area (Å²) in [6.07, 6.45) is -3.60. The highest BCUT2D eigenvalue weighted by atomic mass is 32.2. The summed E-state index contributed by atoms with van der Waals surface area (Å²) in [5.74, 6) is -0.726. The van der Waals surface area contributed by atoms with Crippen LogP contribution in [0.2, 0.25) is 0 Å². The number of hydrogen-bond acceptors (Lipinski definition) is 7. The third-order valence-electron chi connectivity index (χ3n) is 4.08. The predicted octanol–water partition coefficient (Wildman–Crippen LogP) is 2.45. The Hall–Kier alpha value is -2.25. The third kappa shape index (κ3) is 6.87. The Labute approximate surface area is 180 Å². The van der Waals surface area contributed by atoms with Crippen LogP contribution in [0.5, 0.6) is 5.75 Å². The van der Waals surface area contributed by atoms with Crippen LogP contribution in [0, 0.1) is 0 Å². The van der Waals surface area contributed by atoms with E-state index in [1.165, 1.54) is 38.1 Å². The van der Waals surface area contributed by atoms with Crippen molar-refractivity contribution in [3.8, 4) is 16.9 Å². The number of sulfone groups is 1. The first-order valence-corrected chi connectivity index (χ1v) is 12.2. The standard InChI is InChI=1S/C17H20F3N2O8PS/c1-16(2,30-31(24,25)26)8-9-29-14-13(10-21-22(15(14)23)17(18,19)20)11-4-6-12(7-5-11)32(3,27)28/h4-7,10H,8-9H2,1-3H3,(H2,24,25,26). The van der Waals surface area contributed by atoms with Crippen LogP contribution in [-0.2, 0) is 25.2 Å². The van der Waals surface area contributed by atoms with E-state index in [0.717, 1.165) is 12.5 Å². The maximum Gasteiger partial charge on any atom is 0.507 e. The fourth-order valence-corrected chi connectivity index (χ4v) is 3.98. The average Bonchev–Trinajstić information content (AvgIpc) is 2.59. The lowest BCUT2D eigenvalue weighted by Crippen LogP contribution is -2.34. The fraction of sp³-hybridized carbons (Fsp3) is 0.412. The molecule has 2 N–H and O–H groups in total. The lowest BCUT2D eigenvalue weighted by Gasteiger charge is -2.25. The topological polar surface area (TPSA) is 145 Å². The van der Waals surface area contributed by atoms with Gasteiger partial charge < -0.3 is 14.5 Å². The zero-order chi connectivity index (χ0) is 24.5. The summed E-state index contributed by atoms with van der Waals surface area (Å²) >= 11 is 0. The van der Waals surface area contributed by atoms with Crippen LogP contribution in [0.25, 0.3) is 11.1 Å². The van der Waals surface area contributed by atoms with Crippen molar-refractivity contribution in [2.45, 2.75) is 37.1 Å².